The first-order chi connectivity index (χ1) is 14.7. The largest absolute Gasteiger partial charge is 0.497 e. The average molecular weight is 451 g/mol. The standard InChI is InChI=1S/C20H26N4O6S/c1-14-21-19(12-23(14)2)31(27,28)24-9-7-15(8-10-24)20(26)30-13-18(25)22-16-5-4-6-17(11-16)29-3/h4-6,11-12,15H,7-10,13H2,1-3H3,(H,22,25). The monoisotopic (exact) mass is 450 g/mol. The van der Waals surface area contributed by atoms with E-state index in [9.17, 15) is 18.0 Å². The number of esters is 1. The van der Waals surface area contributed by atoms with Crippen LogP contribution in [0.5, 0.6) is 5.75 Å². The Balaban J connectivity index is 1.48. The molecule has 168 valence electrons. The lowest BCUT2D eigenvalue weighted by Crippen LogP contribution is -2.41. The summed E-state index contributed by atoms with van der Waals surface area (Å²) in [6.07, 6.45) is 2.12. The van der Waals surface area contributed by atoms with E-state index in [-0.39, 0.29) is 18.1 Å². The van der Waals surface area contributed by atoms with Gasteiger partial charge in [0.2, 0.25) is 0 Å². The third-order valence-corrected chi connectivity index (χ3v) is 6.95. The predicted molar refractivity (Wildman–Crippen MR) is 112 cm³/mol. The Hall–Kier alpha value is -2.92. The van der Waals surface area contributed by atoms with E-state index < -0.39 is 34.4 Å². The molecule has 1 aliphatic heterocycles. The Morgan fingerprint density at radius 1 is 1.26 bits per heavy atom. The van der Waals surface area contributed by atoms with Crippen molar-refractivity contribution in [1.82, 2.24) is 13.9 Å². The van der Waals surface area contributed by atoms with E-state index in [0.29, 0.717) is 30.1 Å². The third-order valence-electron chi connectivity index (χ3n) is 5.18. The normalized spacial score (nSPS) is 15.5. The first kappa shape index (κ1) is 22.8. The summed E-state index contributed by atoms with van der Waals surface area (Å²) < 4.78 is 38.7. The van der Waals surface area contributed by atoms with Gasteiger partial charge in [0.05, 0.1) is 13.0 Å². The summed E-state index contributed by atoms with van der Waals surface area (Å²) in [5.74, 6) is -0.234. The van der Waals surface area contributed by atoms with E-state index in [1.807, 2.05) is 0 Å². The van der Waals surface area contributed by atoms with Crippen LogP contribution in [0.4, 0.5) is 5.69 Å². The van der Waals surface area contributed by atoms with Crippen molar-refractivity contribution in [2.75, 3.05) is 32.1 Å². The van der Waals surface area contributed by atoms with Crippen LogP contribution in [0.2, 0.25) is 0 Å². The molecule has 2 heterocycles. The van der Waals surface area contributed by atoms with Crippen molar-refractivity contribution in [3.63, 3.8) is 0 Å². The van der Waals surface area contributed by atoms with E-state index in [2.05, 4.69) is 10.3 Å². The molecule has 1 aliphatic rings. The zero-order valence-electron chi connectivity index (χ0n) is 17.7. The smallest absolute Gasteiger partial charge is 0.309 e. The molecule has 3 rings (SSSR count). The molecule has 0 radical (unpaired) electrons. The van der Waals surface area contributed by atoms with Gasteiger partial charge in [-0.25, -0.2) is 13.4 Å². The maximum atomic E-state index is 12.7. The van der Waals surface area contributed by atoms with Crippen LogP contribution in [0, 0.1) is 12.8 Å². The average Bonchev–Trinajstić information content (AvgIpc) is 3.11. The number of aromatic nitrogens is 2. The maximum Gasteiger partial charge on any atom is 0.309 e. The zero-order valence-corrected chi connectivity index (χ0v) is 18.5. The Morgan fingerprint density at radius 3 is 2.58 bits per heavy atom. The third kappa shape index (κ3) is 5.42. The topological polar surface area (TPSA) is 120 Å². The highest BCUT2D eigenvalue weighted by atomic mass is 32.2. The van der Waals surface area contributed by atoms with E-state index >= 15 is 0 Å². The molecular weight excluding hydrogens is 424 g/mol. The second-order valence-electron chi connectivity index (χ2n) is 7.30. The van der Waals surface area contributed by atoms with Gasteiger partial charge in [0, 0.05) is 38.1 Å². The van der Waals surface area contributed by atoms with Crippen molar-refractivity contribution in [3.05, 3.63) is 36.3 Å². The number of piperidine rings is 1. The van der Waals surface area contributed by atoms with Crippen LogP contribution in [-0.4, -0.2) is 61.0 Å². The summed E-state index contributed by atoms with van der Waals surface area (Å²) in [5, 5.41) is 2.64. The molecular formula is C20H26N4O6S. The summed E-state index contributed by atoms with van der Waals surface area (Å²) in [7, 11) is -0.449. The first-order valence-electron chi connectivity index (χ1n) is 9.81. The molecule has 10 nitrogen and oxygen atoms in total. The number of hydrogen-bond donors (Lipinski definition) is 1. The van der Waals surface area contributed by atoms with E-state index in [0.717, 1.165) is 0 Å². The number of carbonyl (C=O) groups excluding carboxylic acids is 2. The maximum absolute atomic E-state index is 12.7. The number of imidazole rings is 1. The minimum atomic E-state index is -3.70. The lowest BCUT2D eigenvalue weighted by molar-refractivity contribution is -0.152. The predicted octanol–water partition coefficient (Wildman–Crippen LogP) is 1.32. The number of sulfonamides is 1. The highest BCUT2D eigenvalue weighted by molar-refractivity contribution is 7.89. The Morgan fingerprint density at radius 2 is 1.97 bits per heavy atom. The fraction of sp³-hybridized carbons (Fsp3) is 0.450. The van der Waals surface area contributed by atoms with Crippen molar-refractivity contribution in [2.24, 2.45) is 13.0 Å². The second-order valence-corrected chi connectivity index (χ2v) is 9.19. The number of rotatable bonds is 7. The molecule has 2 aromatic rings. The minimum absolute atomic E-state index is 0.00254. The first-order valence-corrected chi connectivity index (χ1v) is 11.3. The molecule has 1 saturated heterocycles. The summed E-state index contributed by atoms with van der Waals surface area (Å²) in [5.41, 5.74) is 0.531. The second kappa shape index (κ2) is 9.48. The molecule has 1 N–H and O–H groups in total. The van der Waals surface area contributed by atoms with Crippen LogP contribution in [0.15, 0.2) is 35.5 Å². The molecule has 31 heavy (non-hydrogen) atoms. The van der Waals surface area contributed by atoms with Crippen LogP contribution in [-0.2, 0) is 31.4 Å². The lowest BCUT2D eigenvalue weighted by atomic mass is 9.98. The van der Waals surface area contributed by atoms with Crippen molar-refractivity contribution < 1.29 is 27.5 Å². The summed E-state index contributed by atoms with van der Waals surface area (Å²) in [6.45, 7) is 1.69. The van der Waals surface area contributed by atoms with E-state index in [1.165, 1.54) is 17.6 Å². The van der Waals surface area contributed by atoms with Gasteiger partial charge in [0.1, 0.15) is 11.6 Å². The molecule has 0 atom stereocenters. The van der Waals surface area contributed by atoms with Crippen molar-refractivity contribution in [2.45, 2.75) is 24.8 Å². The number of amides is 1. The number of carbonyl (C=O) groups is 2. The van der Waals surface area contributed by atoms with Crippen LogP contribution < -0.4 is 10.1 Å². The zero-order chi connectivity index (χ0) is 22.6. The quantitative estimate of drug-likeness (QED) is 0.632. The van der Waals surface area contributed by atoms with Gasteiger partial charge < -0.3 is 19.4 Å². The fourth-order valence-electron chi connectivity index (χ4n) is 3.27. The Bertz CT molecular complexity index is 1040. The van der Waals surface area contributed by atoms with Gasteiger partial charge in [-0.15, -0.1) is 0 Å². The van der Waals surface area contributed by atoms with Crippen molar-refractivity contribution in [3.8, 4) is 5.75 Å². The number of nitrogens with one attached hydrogen (secondary N) is 1. The molecule has 0 spiro atoms. The number of anilines is 1. The van der Waals surface area contributed by atoms with Gasteiger partial charge in [-0.2, -0.15) is 4.31 Å². The van der Waals surface area contributed by atoms with Gasteiger partial charge in [0.15, 0.2) is 11.6 Å². The van der Waals surface area contributed by atoms with Gasteiger partial charge in [-0.3, -0.25) is 9.59 Å². The van der Waals surface area contributed by atoms with Gasteiger partial charge in [-0.05, 0) is 31.9 Å². The molecule has 1 fully saturated rings. The number of aryl methyl sites for hydroxylation is 2. The number of hydrogen-bond acceptors (Lipinski definition) is 7. The minimum Gasteiger partial charge on any atom is -0.497 e. The molecule has 0 aliphatic carbocycles. The molecule has 1 amide bonds. The molecule has 0 unspecified atom stereocenters. The Kier molecular flexibility index (Phi) is 6.96. The molecule has 0 saturated carbocycles. The fourth-order valence-corrected chi connectivity index (χ4v) is 4.76. The van der Waals surface area contributed by atoms with Crippen molar-refractivity contribution in [1.29, 1.82) is 0 Å². The van der Waals surface area contributed by atoms with E-state index in [4.69, 9.17) is 9.47 Å². The molecule has 1 aromatic heterocycles. The number of ether oxygens (including phenoxy) is 2. The van der Waals surface area contributed by atoms with Gasteiger partial charge in [0.25, 0.3) is 15.9 Å². The summed E-state index contributed by atoms with van der Waals surface area (Å²) >= 11 is 0. The summed E-state index contributed by atoms with van der Waals surface area (Å²) in [4.78, 5) is 28.5. The van der Waals surface area contributed by atoms with E-state index in [1.54, 1.807) is 42.8 Å². The lowest BCUT2D eigenvalue weighted by Gasteiger charge is -2.29. The number of benzene rings is 1. The van der Waals surface area contributed by atoms with Gasteiger partial charge in [-0.1, -0.05) is 6.07 Å². The van der Waals surface area contributed by atoms with Crippen LogP contribution in [0.25, 0.3) is 0 Å². The van der Waals surface area contributed by atoms with Crippen molar-refractivity contribution >= 4 is 27.6 Å². The van der Waals surface area contributed by atoms with Crippen LogP contribution >= 0.6 is 0 Å². The number of nitrogens with zero attached hydrogens (tertiary/aromatic N) is 3. The molecule has 1 aromatic carbocycles. The Labute approximate surface area is 181 Å². The highest BCUT2D eigenvalue weighted by Crippen LogP contribution is 2.24. The molecule has 11 heteroatoms. The summed E-state index contributed by atoms with van der Waals surface area (Å²) in [6, 6.07) is 6.83. The molecule has 0 bridgehead atoms. The SMILES string of the molecule is COc1cccc(NC(=O)COC(=O)C2CCN(S(=O)(=O)c3cn(C)c(C)n3)CC2)c1. The van der Waals surface area contributed by atoms with Crippen LogP contribution in [0.1, 0.15) is 18.7 Å². The highest BCUT2D eigenvalue weighted by Gasteiger charge is 2.34. The number of methoxy groups -OCH3 is 1. The van der Waals surface area contributed by atoms with Gasteiger partial charge >= 0.3 is 5.97 Å². The van der Waals surface area contributed by atoms with Crippen LogP contribution in [0.3, 0.4) is 0 Å².